The third-order valence-corrected chi connectivity index (χ3v) is 4.12. The van der Waals surface area contributed by atoms with Gasteiger partial charge in [0.15, 0.2) is 0 Å². The van der Waals surface area contributed by atoms with E-state index in [9.17, 15) is 14.4 Å². The zero-order valence-electron chi connectivity index (χ0n) is 16.8. The predicted octanol–water partition coefficient (Wildman–Crippen LogP) is 2.15. The maximum Gasteiger partial charge on any atom is 0.321 e. The van der Waals surface area contributed by atoms with Crippen LogP contribution < -0.4 is 20.7 Å². The van der Waals surface area contributed by atoms with Crippen molar-refractivity contribution in [3.05, 3.63) is 60.2 Å². The Morgan fingerprint density at radius 3 is 2.45 bits per heavy atom. The highest BCUT2D eigenvalue weighted by atomic mass is 16.5. The summed E-state index contributed by atoms with van der Waals surface area (Å²) in [5.41, 5.74) is 1.26. The molecule has 0 heterocycles. The van der Waals surface area contributed by atoms with E-state index in [-0.39, 0.29) is 12.5 Å². The summed E-state index contributed by atoms with van der Waals surface area (Å²) in [6.07, 6.45) is 0. The monoisotopic (exact) mass is 398 g/mol. The van der Waals surface area contributed by atoms with E-state index in [1.807, 2.05) is 6.07 Å². The molecular formula is C21H26N4O4. The second kappa shape index (κ2) is 10.8. The first-order valence-corrected chi connectivity index (χ1v) is 9.22. The minimum absolute atomic E-state index is 0.0560. The van der Waals surface area contributed by atoms with Crippen LogP contribution in [0.4, 0.5) is 10.5 Å². The highest BCUT2D eigenvalue weighted by Gasteiger charge is 2.27. The molecule has 2 aromatic rings. The molecule has 0 fully saturated rings. The van der Waals surface area contributed by atoms with Gasteiger partial charge in [-0.15, -0.1) is 0 Å². The quantitative estimate of drug-likeness (QED) is 0.633. The molecule has 0 aliphatic heterocycles. The van der Waals surface area contributed by atoms with Gasteiger partial charge in [-0.3, -0.25) is 19.8 Å². The van der Waals surface area contributed by atoms with Crippen molar-refractivity contribution in [3.63, 3.8) is 0 Å². The molecule has 2 aromatic carbocycles. The maximum absolute atomic E-state index is 12.7. The Kier molecular flexibility index (Phi) is 8.17. The summed E-state index contributed by atoms with van der Waals surface area (Å²) in [5.74, 6) is -0.189. The average molecular weight is 398 g/mol. The van der Waals surface area contributed by atoms with E-state index in [2.05, 4.69) is 16.0 Å². The zero-order chi connectivity index (χ0) is 21.2. The number of carbonyl (C=O) groups excluding carboxylic acids is 3. The van der Waals surface area contributed by atoms with Crippen molar-refractivity contribution in [3.8, 4) is 5.75 Å². The van der Waals surface area contributed by atoms with Crippen molar-refractivity contribution in [2.45, 2.75) is 13.0 Å². The van der Waals surface area contributed by atoms with Crippen LogP contribution in [-0.4, -0.2) is 50.0 Å². The Labute approximate surface area is 170 Å². The summed E-state index contributed by atoms with van der Waals surface area (Å²) >= 11 is 0. The number of urea groups is 1. The first-order valence-electron chi connectivity index (χ1n) is 9.22. The number of rotatable bonds is 8. The number of anilines is 1. The zero-order valence-corrected chi connectivity index (χ0v) is 16.8. The lowest BCUT2D eigenvalue weighted by molar-refractivity contribution is -0.126. The largest absolute Gasteiger partial charge is 0.497 e. The van der Waals surface area contributed by atoms with Gasteiger partial charge in [0.25, 0.3) is 0 Å². The first-order chi connectivity index (χ1) is 13.9. The van der Waals surface area contributed by atoms with Gasteiger partial charge in [-0.05, 0) is 31.7 Å². The van der Waals surface area contributed by atoms with E-state index in [1.165, 1.54) is 0 Å². The van der Waals surface area contributed by atoms with Crippen molar-refractivity contribution >= 4 is 23.5 Å². The lowest BCUT2D eigenvalue weighted by Crippen LogP contribution is -2.46. The summed E-state index contributed by atoms with van der Waals surface area (Å²) in [6, 6.07) is 14.6. The number of hydrogen-bond acceptors (Lipinski definition) is 5. The number of imide groups is 1. The predicted molar refractivity (Wildman–Crippen MR) is 111 cm³/mol. The van der Waals surface area contributed by atoms with E-state index in [0.29, 0.717) is 23.5 Å². The molecule has 0 radical (unpaired) electrons. The molecule has 2 rings (SSSR count). The van der Waals surface area contributed by atoms with Gasteiger partial charge < -0.3 is 15.4 Å². The Morgan fingerprint density at radius 1 is 1.07 bits per heavy atom. The Bertz CT molecular complexity index is 842. The van der Waals surface area contributed by atoms with Gasteiger partial charge in [0, 0.05) is 18.3 Å². The minimum atomic E-state index is -0.810. The Morgan fingerprint density at radius 2 is 1.79 bits per heavy atom. The third-order valence-electron chi connectivity index (χ3n) is 4.12. The molecule has 0 saturated heterocycles. The molecule has 8 nitrogen and oxygen atoms in total. The van der Waals surface area contributed by atoms with Crippen molar-refractivity contribution in [2.24, 2.45) is 0 Å². The summed E-state index contributed by atoms with van der Waals surface area (Å²) < 4.78 is 5.15. The van der Waals surface area contributed by atoms with Crippen LogP contribution in [0.3, 0.4) is 0 Å². The summed E-state index contributed by atoms with van der Waals surface area (Å²) in [5, 5.41) is 7.63. The van der Waals surface area contributed by atoms with E-state index in [1.54, 1.807) is 74.5 Å². The number of carbonyl (C=O) groups is 3. The second-order valence-electron chi connectivity index (χ2n) is 6.36. The molecule has 0 spiro atoms. The van der Waals surface area contributed by atoms with Crippen molar-refractivity contribution < 1.29 is 19.1 Å². The molecule has 29 heavy (non-hydrogen) atoms. The molecule has 0 bridgehead atoms. The van der Waals surface area contributed by atoms with Gasteiger partial charge >= 0.3 is 6.03 Å². The highest BCUT2D eigenvalue weighted by Crippen LogP contribution is 2.20. The van der Waals surface area contributed by atoms with Crippen LogP contribution in [0.2, 0.25) is 0 Å². The smallest absolute Gasteiger partial charge is 0.321 e. The fourth-order valence-electron chi connectivity index (χ4n) is 2.85. The lowest BCUT2D eigenvalue weighted by atomic mass is 10.0. The number of benzene rings is 2. The van der Waals surface area contributed by atoms with Crippen LogP contribution in [0, 0.1) is 0 Å². The fraction of sp³-hybridized carbons (Fsp3) is 0.286. The maximum atomic E-state index is 12.7. The van der Waals surface area contributed by atoms with Crippen molar-refractivity contribution in [2.75, 3.05) is 32.6 Å². The van der Waals surface area contributed by atoms with Gasteiger partial charge in [-0.2, -0.15) is 0 Å². The van der Waals surface area contributed by atoms with Gasteiger partial charge in [-0.1, -0.05) is 36.4 Å². The number of hydrogen-bond donors (Lipinski definition) is 3. The van der Waals surface area contributed by atoms with Gasteiger partial charge in [0.05, 0.1) is 13.7 Å². The summed E-state index contributed by atoms with van der Waals surface area (Å²) in [7, 11) is 3.20. The van der Waals surface area contributed by atoms with Crippen molar-refractivity contribution in [1.82, 2.24) is 15.5 Å². The summed E-state index contributed by atoms with van der Waals surface area (Å²) in [6.45, 7) is 2.10. The molecule has 154 valence electrons. The molecule has 0 saturated carbocycles. The average Bonchev–Trinajstić information content (AvgIpc) is 2.69. The number of amides is 4. The lowest BCUT2D eigenvalue weighted by Gasteiger charge is -2.26. The number of methoxy groups -OCH3 is 1. The standard InChI is InChI=1S/C21H26N4O4/c1-4-22-21(28)24-20(27)19(15-9-6-5-7-10-15)25(2)14-18(26)23-16-11-8-12-17(13-16)29-3/h5-13,19H,4,14H2,1-3H3,(H,23,26)(H2,22,24,27,28)/t19-/m0/s1. The second-order valence-corrected chi connectivity index (χ2v) is 6.36. The van der Waals surface area contributed by atoms with Gasteiger partial charge in [-0.25, -0.2) is 4.79 Å². The molecule has 8 heteroatoms. The normalized spacial score (nSPS) is 11.4. The van der Waals surface area contributed by atoms with E-state index >= 15 is 0 Å². The molecule has 0 unspecified atom stereocenters. The first kappa shape index (κ1) is 21.9. The van der Waals surface area contributed by atoms with Crippen molar-refractivity contribution in [1.29, 1.82) is 0 Å². The Hall–Kier alpha value is -3.39. The van der Waals surface area contributed by atoms with Crippen LogP contribution >= 0.6 is 0 Å². The molecule has 4 amide bonds. The van der Waals surface area contributed by atoms with E-state index in [4.69, 9.17) is 4.74 Å². The molecule has 0 aliphatic rings. The third kappa shape index (κ3) is 6.62. The number of nitrogens with zero attached hydrogens (tertiary/aromatic N) is 1. The SMILES string of the molecule is CCNC(=O)NC(=O)[C@H](c1ccccc1)N(C)CC(=O)Nc1cccc(OC)c1. The molecule has 3 N–H and O–H groups in total. The van der Waals surface area contributed by atoms with Gasteiger partial charge in [0.2, 0.25) is 11.8 Å². The number of nitrogens with one attached hydrogen (secondary N) is 3. The van der Waals surface area contributed by atoms with Crippen LogP contribution in [0.1, 0.15) is 18.5 Å². The molecular weight excluding hydrogens is 372 g/mol. The van der Waals surface area contributed by atoms with Crippen LogP contribution in [0.15, 0.2) is 54.6 Å². The molecule has 0 aliphatic carbocycles. The van der Waals surface area contributed by atoms with E-state index < -0.39 is 18.0 Å². The minimum Gasteiger partial charge on any atom is -0.497 e. The van der Waals surface area contributed by atoms with E-state index in [0.717, 1.165) is 0 Å². The summed E-state index contributed by atoms with van der Waals surface area (Å²) in [4.78, 5) is 38.6. The number of ether oxygens (including phenoxy) is 1. The van der Waals surface area contributed by atoms with Crippen LogP contribution in [0.5, 0.6) is 5.75 Å². The molecule has 1 atom stereocenters. The number of likely N-dealkylation sites (N-methyl/N-ethyl adjacent to an activating group) is 1. The molecule has 0 aromatic heterocycles. The topological polar surface area (TPSA) is 99.8 Å². The fourth-order valence-corrected chi connectivity index (χ4v) is 2.85. The highest BCUT2D eigenvalue weighted by molar-refractivity contribution is 5.98. The van der Waals surface area contributed by atoms with Gasteiger partial charge in [0.1, 0.15) is 11.8 Å². The van der Waals surface area contributed by atoms with Crippen LogP contribution in [0.25, 0.3) is 0 Å². The van der Waals surface area contributed by atoms with Crippen LogP contribution in [-0.2, 0) is 9.59 Å². The Balaban J connectivity index is 2.11.